The molecular formula is C35H42N2O2. The number of hydrogen-bond acceptors (Lipinski definition) is 4. The second-order valence-corrected chi connectivity index (χ2v) is 11.1. The van der Waals surface area contributed by atoms with Gasteiger partial charge in [0.2, 0.25) is 0 Å². The fourth-order valence-electron chi connectivity index (χ4n) is 4.81. The van der Waals surface area contributed by atoms with Gasteiger partial charge in [0.15, 0.2) is 0 Å². The summed E-state index contributed by atoms with van der Waals surface area (Å²) in [5, 5.41) is 0. The van der Waals surface area contributed by atoms with Crippen molar-refractivity contribution in [3.05, 3.63) is 107 Å². The molecule has 4 nitrogen and oxygen atoms in total. The molecule has 0 saturated carbocycles. The maximum absolute atomic E-state index is 6.50. The molecule has 0 saturated heterocycles. The van der Waals surface area contributed by atoms with Crippen molar-refractivity contribution in [1.29, 1.82) is 0 Å². The number of anilines is 2. The Morgan fingerprint density at radius 1 is 0.590 bits per heavy atom. The van der Waals surface area contributed by atoms with Crippen molar-refractivity contribution in [3.63, 3.8) is 0 Å². The SMILES string of the molecule is CCC(C)c1ccc(Oc2ccc(N)cc2)c(C(C)(C)c2cc(C(C)CC)ccc2Oc2ccc(N)cc2)c1. The second kappa shape index (κ2) is 11.9. The van der Waals surface area contributed by atoms with E-state index in [0.717, 1.165) is 47.0 Å². The lowest BCUT2D eigenvalue weighted by atomic mass is 9.75. The predicted molar refractivity (Wildman–Crippen MR) is 164 cm³/mol. The highest BCUT2D eigenvalue weighted by Crippen LogP contribution is 2.45. The minimum absolute atomic E-state index is 0.431. The topological polar surface area (TPSA) is 70.5 Å². The lowest BCUT2D eigenvalue weighted by Gasteiger charge is -2.32. The molecule has 0 fully saturated rings. The van der Waals surface area contributed by atoms with E-state index in [-0.39, 0.29) is 0 Å². The van der Waals surface area contributed by atoms with Crippen molar-refractivity contribution in [2.45, 2.75) is 71.6 Å². The highest BCUT2D eigenvalue weighted by atomic mass is 16.5. The predicted octanol–water partition coefficient (Wildman–Crippen LogP) is 9.79. The van der Waals surface area contributed by atoms with E-state index in [1.165, 1.54) is 11.1 Å². The van der Waals surface area contributed by atoms with Crippen LogP contribution in [0.2, 0.25) is 0 Å². The minimum atomic E-state index is -0.431. The summed E-state index contributed by atoms with van der Waals surface area (Å²) in [7, 11) is 0. The molecule has 2 unspecified atom stereocenters. The zero-order chi connectivity index (χ0) is 28.2. The molecule has 0 bridgehead atoms. The Bertz CT molecular complexity index is 1280. The smallest absolute Gasteiger partial charge is 0.131 e. The molecular weight excluding hydrogens is 480 g/mol. The molecule has 204 valence electrons. The van der Waals surface area contributed by atoms with Crippen LogP contribution in [-0.4, -0.2) is 0 Å². The highest BCUT2D eigenvalue weighted by molar-refractivity contribution is 5.56. The zero-order valence-electron chi connectivity index (χ0n) is 24.1. The maximum atomic E-state index is 6.50. The quantitative estimate of drug-likeness (QED) is 0.203. The van der Waals surface area contributed by atoms with Crippen LogP contribution in [0.15, 0.2) is 84.9 Å². The summed E-state index contributed by atoms with van der Waals surface area (Å²) < 4.78 is 13.0. The van der Waals surface area contributed by atoms with Crippen molar-refractivity contribution < 1.29 is 9.47 Å². The first kappa shape index (κ1) is 28.1. The first-order valence-corrected chi connectivity index (χ1v) is 14.0. The first-order chi connectivity index (χ1) is 18.6. The minimum Gasteiger partial charge on any atom is -0.457 e. The molecule has 4 heteroatoms. The van der Waals surface area contributed by atoms with E-state index in [1.54, 1.807) is 0 Å². The first-order valence-electron chi connectivity index (χ1n) is 14.0. The number of hydrogen-bond donors (Lipinski definition) is 2. The average molecular weight is 523 g/mol. The van der Waals surface area contributed by atoms with E-state index in [9.17, 15) is 0 Å². The van der Waals surface area contributed by atoms with Crippen molar-refractivity contribution in [2.24, 2.45) is 0 Å². The number of ether oxygens (including phenoxy) is 2. The van der Waals surface area contributed by atoms with E-state index in [4.69, 9.17) is 20.9 Å². The molecule has 4 rings (SSSR count). The fourth-order valence-corrected chi connectivity index (χ4v) is 4.81. The molecule has 0 aliphatic carbocycles. The van der Waals surface area contributed by atoms with Gasteiger partial charge in [0, 0.05) is 27.9 Å². The Morgan fingerprint density at radius 2 is 0.949 bits per heavy atom. The molecule has 0 spiro atoms. The monoisotopic (exact) mass is 522 g/mol. The van der Waals surface area contributed by atoms with E-state index in [0.29, 0.717) is 23.2 Å². The van der Waals surface area contributed by atoms with Crippen molar-refractivity contribution in [3.8, 4) is 23.0 Å². The van der Waals surface area contributed by atoms with E-state index >= 15 is 0 Å². The van der Waals surface area contributed by atoms with Gasteiger partial charge >= 0.3 is 0 Å². The van der Waals surface area contributed by atoms with Crippen LogP contribution in [0.25, 0.3) is 0 Å². The standard InChI is InChI=1S/C35H42N2O2/c1-7-23(3)25-9-19-33(38-29-15-11-27(36)12-16-29)31(21-25)35(5,6)32-22-26(24(4)8-2)10-20-34(32)39-30-17-13-28(37)14-18-30/h9-24H,7-8,36-37H2,1-6H3. The van der Waals surface area contributed by atoms with Gasteiger partial charge in [-0.2, -0.15) is 0 Å². The summed E-state index contributed by atoms with van der Waals surface area (Å²) in [6.07, 6.45) is 2.13. The number of nitrogens with two attached hydrogens (primary N) is 2. The molecule has 0 aliphatic heterocycles. The second-order valence-electron chi connectivity index (χ2n) is 11.1. The van der Waals surface area contributed by atoms with Gasteiger partial charge in [0.05, 0.1) is 0 Å². The van der Waals surface area contributed by atoms with Crippen LogP contribution >= 0.6 is 0 Å². The molecule has 4 N–H and O–H groups in total. The van der Waals surface area contributed by atoms with Crippen LogP contribution in [0.5, 0.6) is 23.0 Å². The third kappa shape index (κ3) is 6.39. The Kier molecular flexibility index (Phi) is 8.54. The molecule has 2 atom stereocenters. The van der Waals surface area contributed by atoms with Crippen LogP contribution in [0, 0.1) is 0 Å². The lowest BCUT2D eigenvalue weighted by molar-refractivity contribution is 0.444. The summed E-state index contributed by atoms with van der Waals surface area (Å²) in [4.78, 5) is 0. The molecule has 0 aromatic heterocycles. The van der Waals surface area contributed by atoms with Gasteiger partial charge in [0.25, 0.3) is 0 Å². The summed E-state index contributed by atoms with van der Waals surface area (Å²) >= 11 is 0. The van der Waals surface area contributed by atoms with Crippen LogP contribution < -0.4 is 20.9 Å². The molecule has 0 heterocycles. The van der Waals surface area contributed by atoms with Crippen molar-refractivity contribution in [2.75, 3.05) is 11.5 Å². The summed E-state index contributed by atoms with van der Waals surface area (Å²) in [6.45, 7) is 13.5. The van der Waals surface area contributed by atoms with Gasteiger partial charge in [-0.25, -0.2) is 0 Å². The van der Waals surface area contributed by atoms with Crippen LogP contribution in [-0.2, 0) is 5.41 Å². The zero-order valence-corrected chi connectivity index (χ0v) is 24.1. The summed E-state index contributed by atoms with van der Waals surface area (Å²) in [5.74, 6) is 4.02. The van der Waals surface area contributed by atoms with Gasteiger partial charge in [-0.05, 0) is 96.5 Å². The normalized spacial score (nSPS) is 13.1. The Labute approximate surface area is 234 Å². The molecule has 39 heavy (non-hydrogen) atoms. The number of rotatable bonds is 10. The van der Waals surface area contributed by atoms with Crippen LogP contribution in [0.4, 0.5) is 11.4 Å². The molecule has 0 amide bonds. The van der Waals surface area contributed by atoms with Gasteiger partial charge in [-0.15, -0.1) is 0 Å². The Hall–Kier alpha value is -3.92. The largest absolute Gasteiger partial charge is 0.457 e. The third-order valence-corrected chi connectivity index (χ3v) is 7.93. The van der Waals surface area contributed by atoms with E-state index in [2.05, 4.69) is 77.9 Å². The van der Waals surface area contributed by atoms with Crippen LogP contribution in [0.3, 0.4) is 0 Å². The summed E-state index contributed by atoms with van der Waals surface area (Å²) in [6, 6.07) is 28.3. The van der Waals surface area contributed by atoms with Crippen LogP contribution in [0.1, 0.15) is 88.5 Å². The summed E-state index contributed by atoms with van der Waals surface area (Å²) in [5.41, 5.74) is 17.7. The third-order valence-electron chi connectivity index (χ3n) is 7.93. The van der Waals surface area contributed by atoms with Crippen molar-refractivity contribution in [1.82, 2.24) is 0 Å². The number of nitrogen functional groups attached to an aromatic ring is 2. The Balaban J connectivity index is 1.87. The van der Waals surface area contributed by atoms with Gasteiger partial charge < -0.3 is 20.9 Å². The molecule has 4 aromatic rings. The molecule has 0 aliphatic rings. The fraction of sp³-hybridized carbons (Fsp3) is 0.314. The van der Waals surface area contributed by atoms with Gasteiger partial charge in [-0.1, -0.05) is 65.8 Å². The average Bonchev–Trinajstić information content (AvgIpc) is 2.94. The maximum Gasteiger partial charge on any atom is 0.131 e. The van der Waals surface area contributed by atoms with E-state index in [1.807, 2.05) is 48.5 Å². The number of benzene rings is 4. The Morgan fingerprint density at radius 3 is 1.28 bits per heavy atom. The van der Waals surface area contributed by atoms with E-state index < -0.39 is 5.41 Å². The van der Waals surface area contributed by atoms with Crippen molar-refractivity contribution >= 4 is 11.4 Å². The van der Waals surface area contributed by atoms with Gasteiger partial charge in [-0.3, -0.25) is 0 Å². The highest BCUT2D eigenvalue weighted by Gasteiger charge is 2.32. The van der Waals surface area contributed by atoms with Gasteiger partial charge in [0.1, 0.15) is 23.0 Å². The lowest BCUT2D eigenvalue weighted by Crippen LogP contribution is -2.22. The molecule has 4 aromatic carbocycles. The molecule has 0 radical (unpaired) electrons.